The Morgan fingerprint density at radius 1 is 0.778 bits per heavy atom. The van der Waals surface area contributed by atoms with Crippen LogP contribution in [0.3, 0.4) is 0 Å². The molecule has 0 radical (unpaired) electrons. The van der Waals surface area contributed by atoms with Crippen LogP contribution in [0, 0.1) is 0 Å². The van der Waals surface area contributed by atoms with Crippen LogP contribution in [0.5, 0.6) is 0 Å². The fraction of sp³-hybridized carbons (Fsp3) is 0.125. The Bertz CT molecular complexity index is 559. The van der Waals surface area contributed by atoms with Crippen molar-refractivity contribution in [2.45, 2.75) is 13.2 Å². The second-order valence-corrected chi connectivity index (χ2v) is 4.25. The molecule has 1 aliphatic heterocycles. The second kappa shape index (κ2) is 5.17. The molecular weight excluding hydrogens is 224 g/mol. The zero-order valence-corrected chi connectivity index (χ0v) is 10.0. The molecule has 2 heteroatoms. The van der Waals surface area contributed by atoms with Crippen LogP contribution >= 0.6 is 0 Å². The third-order valence-corrected chi connectivity index (χ3v) is 3.07. The zero-order chi connectivity index (χ0) is 12.2. The van der Waals surface area contributed by atoms with Gasteiger partial charge in [-0.3, -0.25) is 0 Å². The van der Waals surface area contributed by atoms with Gasteiger partial charge in [-0.1, -0.05) is 60.7 Å². The number of hydrogen-bond acceptors (Lipinski definition) is 2. The molecule has 90 valence electrons. The van der Waals surface area contributed by atoms with Crippen molar-refractivity contribution < 1.29 is 9.78 Å². The molecule has 0 aromatic heterocycles. The number of rotatable bonds is 2. The normalized spacial score (nSPS) is 14.7. The molecule has 0 N–H and O–H groups in total. The molecule has 0 spiro atoms. The largest absolute Gasteiger partial charge is 0.232 e. The quantitative estimate of drug-likeness (QED) is 0.585. The van der Waals surface area contributed by atoms with Crippen LogP contribution < -0.4 is 0 Å². The Balaban J connectivity index is 1.91. The lowest BCUT2D eigenvalue weighted by Gasteiger charge is -2.17. The molecule has 0 bridgehead atoms. The van der Waals surface area contributed by atoms with Crippen molar-refractivity contribution in [3.05, 3.63) is 70.8 Å². The monoisotopic (exact) mass is 238 g/mol. The first-order chi connectivity index (χ1) is 8.93. The van der Waals surface area contributed by atoms with E-state index < -0.39 is 0 Å². The molecular formula is C16H14O2. The Labute approximate surface area is 106 Å². The highest BCUT2D eigenvalue weighted by atomic mass is 17.2. The molecule has 0 unspecified atom stereocenters. The van der Waals surface area contributed by atoms with Crippen molar-refractivity contribution >= 4 is 12.2 Å². The highest BCUT2D eigenvalue weighted by Gasteiger charge is 2.12. The summed E-state index contributed by atoms with van der Waals surface area (Å²) >= 11 is 0. The van der Waals surface area contributed by atoms with Gasteiger partial charge in [0.2, 0.25) is 0 Å². The molecule has 0 amide bonds. The van der Waals surface area contributed by atoms with Gasteiger partial charge in [0, 0.05) is 0 Å². The molecule has 0 saturated carbocycles. The van der Waals surface area contributed by atoms with Gasteiger partial charge >= 0.3 is 0 Å². The van der Waals surface area contributed by atoms with Gasteiger partial charge < -0.3 is 0 Å². The van der Waals surface area contributed by atoms with E-state index in [0.717, 1.165) is 0 Å². The lowest BCUT2D eigenvalue weighted by molar-refractivity contribution is -0.322. The van der Waals surface area contributed by atoms with Gasteiger partial charge in [0.15, 0.2) is 0 Å². The van der Waals surface area contributed by atoms with Crippen molar-refractivity contribution in [3.63, 3.8) is 0 Å². The Morgan fingerprint density at radius 3 is 2.50 bits per heavy atom. The molecule has 0 aliphatic carbocycles. The van der Waals surface area contributed by atoms with Crippen LogP contribution in [0.1, 0.15) is 22.3 Å². The van der Waals surface area contributed by atoms with Crippen molar-refractivity contribution in [1.29, 1.82) is 0 Å². The molecule has 2 aromatic carbocycles. The maximum atomic E-state index is 5.05. The van der Waals surface area contributed by atoms with Crippen molar-refractivity contribution in [2.75, 3.05) is 0 Å². The Kier molecular flexibility index (Phi) is 3.22. The fourth-order valence-electron chi connectivity index (χ4n) is 2.08. The minimum Gasteiger partial charge on any atom is -0.232 e. The lowest BCUT2D eigenvalue weighted by Crippen LogP contribution is -2.08. The third kappa shape index (κ3) is 2.35. The average molecular weight is 238 g/mol. The van der Waals surface area contributed by atoms with Crippen molar-refractivity contribution in [1.82, 2.24) is 0 Å². The highest BCUT2D eigenvalue weighted by molar-refractivity contribution is 5.71. The summed E-state index contributed by atoms with van der Waals surface area (Å²) in [5, 5.41) is 0. The predicted octanol–water partition coefficient (Wildman–Crippen LogP) is 3.82. The topological polar surface area (TPSA) is 18.5 Å². The minimum absolute atomic E-state index is 0.518. The van der Waals surface area contributed by atoms with Crippen LogP contribution in [0.2, 0.25) is 0 Å². The molecule has 0 saturated heterocycles. The second-order valence-electron chi connectivity index (χ2n) is 4.25. The summed E-state index contributed by atoms with van der Waals surface area (Å²) in [5.74, 6) is 0. The molecule has 1 heterocycles. The first-order valence-corrected chi connectivity index (χ1v) is 6.02. The number of benzene rings is 2. The van der Waals surface area contributed by atoms with Crippen molar-refractivity contribution in [2.24, 2.45) is 0 Å². The summed E-state index contributed by atoms with van der Waals surface area (Å²) in [6.07, 6.45) is 4.24. The summed E-state index contributed by atoms with van der Waals surface area (Å²) in [5.41, 5.74) is 4.81. The zero-order valence-electron chi connectivity index (χ0n) is 10.0. The maximum absolute atomic E-state index is 5.05. The van der Waals surface area contributed by atoms with E-state index in [1.54, 1.807) is 0 Å². The van der Waals surface area contributed by atoms with E-state index in [0.29, 0.717) is 13.2 Å². The van der Waals surface area contributed by atoms with E-state index in [2.05, 4.69) is 42.5 Å². The third-order valence-electron chi connectivity index (χ3n) is 3.07. The summed E-state index contributed by atoms with van der Waals surface area (Å²) in [7, 11) is 0. The Morgan fingerprint density at radius 2 is 1.61 bits per heavy atom. The van der Waals surface area contributed by atoms with E-state index in [9.17, 15) is 0 Å². The molecule has 0 fully saturated rings. The van der Waals surface area contributed by atoms with Crippen LogP contribution in [0.15, 0.2) is 48.5 Å². The molecule has 2 aromatic rings. The first kappa shape index (κ1) is 11.2. The smallest absolute Gasteiger partial charge is 0.108 e. The van der Waals surface area contributed by atoms with Gasteiger partial charge in [-0.25, -0.2) is 9.78 Å². The molecule has 18 heavy (non-hydrogen) atoms. The van der Waals surface area contributed by atoms with E-state index in [4.69, 9.17) is 9.78 Å². The van der Waals surface area contributed by atoms with Gasteiger partial charge in [0.25, 0.3) is 0 Å². The Hall–Kier alpha value is -1.90. The van der Waals surface area contributed by atoms with E-state index in [1.165, 1.54) is 22.3 Å². The highest BCUT2D eigenvalue weighted by Crippen LogP contribution is 2.23. The van der Waals surface area contributed by atoms with Gasteiger partial charge in [-0.2, -0.15) is 0 Å². The number of fused-ring (bicyclic) bond motifs is 1. The minimum atomic E-state index is 0.518. The SMILES string of the molecule is C(=C\c1cccc2c1COOC2)/c1ccccc1. The summed E-state index contributed by atoms with van der Waals surface area (Å²) < 4.78 is 0. The summed E-state index contributed by atoms with van der Waals surface area (Å²) in [6, 6.07) is 16.5. The van der Waals surface area contributed by atoms with E-state index in [1.807, 2.05) is 18.2 Å². The summed E-state index contributed by atoms with van der Waals surface area (Å²) in [4.78, 5) is 10.0. The van der Waals surface area contributed by atoms with Crippen molar-refractivity contribution in [3.8, 4) is 0 Å². The van der Waals surface area contributed by atoms with Crippen LogP contribution in [-0.4, -0.2) is 0 Å². The summed E-state index contributed by atoms with van der Waals surface area (Å²) in [6.45, 7) is 1.05. The fourth-order valence-corrected chi connectivity index (χ4v) is 2.08. The predicted molar refractivity (Wildman–Crippen MR) is 71.4 cm³/mol. The van der Waals surface area contributed by atoms with Crippen LogP contribution in [0.25, 0.3) is 12.2 Å². The van der Waals surface area contributed by atoms with E-state index >= 15 is 0 Å². The maximum Gasteiger partial charge on any atom is 0.108 e. The van der Waals surface area contributed by atoms with Gasteiger partial charge in [-0.05, 0) is 22.3 Å². The van der Waals surface area contributed by atoms with Gasteiger partial charge in [0.1, 0.15) is 13.2 Å². The number of hydrogen-bond donors (Lipinski definition) is 0. The molecule has 3 rings (SSSR count). The molecule has 2 nitrogen and oxygen atoms in total. The lowest BCUT2D eigenvalue weighted by atomic mass is 10.0. The van der Waals surface area contributed by atoms with Crippen LogP contribution in [0.4, 0.5) is 0 Å². The molecule has 0 atom stereocenters. The standard InChI is InChI=1S/C16H14O2/c1-2-5-13(6-3-1)9-10-14-7-4-8-15-11-17-18-12-16(14)15/h1-10H,11-12H2/b10-9+. The first-order valence-electron chi connectivity index (χ1n) is 6.02. The average Bonchev–Trinajstić information content (AvgIpc) is 2.46. The molecule has 1 aliphatic rings. The van der Waals surface area contributed by atoms with Gasteiger partial charge in [-0.15, -0.1) is 0 Å². The van der Waals surface area contributed by atoms with Crippen LogP contribution in [-0.2, 0) is 23.0 Å². The van der Waals surface area contributed by atoms with Gasteiger partial charge in [0.05, 0.1) is 0 Å². The van der Waals surface area contributed by atoms with E-state index in [-0.39, 0.29) is 0 Å².